The topological polar surface area (TPSA) is 63.1 Å². The molecule has 4 rings (SSSR count). The Morgan fingerprint density at radius 3 is 2.39 bits per heavy atom. The molecule has 2 aromatic carbocycles. The summed E-state index contributed by atoms with van der Waals surface area (Å²) < 4.78 is 5.40. The number of urea groups is 1. The van der Waals surface area contributed by atoms with Crippen LogP contribution in [-0.2, 0) is 15.1 Å². The van der Waals surface area contributed by atoms with Crippen LogP contribution in [0.3, 0.4) is 0 Å². The van der Waals surface area contributed by atoms with Crippen molar-refractivity contribution in [2.75, 3.05) is 33.0 Å². The van der Waals surface area contributed by atoms with Gasteiger partial charge in [0, 0.05) is 0 Å². The van der Waals surface area contributed by atoms with Gasteiger partial charge in [-0.2, -0.15) is 0 Å². The molecular weight excluding hydrogens is 354 g/mol. The molecule has 28 heavy (non-hydrogen) atoms. The number of quaternary nitrogens is 1. The van der Waals surface area contributed by atoms with Gasteiger partial charge in [0.15, 0.2) is 12.2 Å². The lowest BCUT2D eigenvalue weighted by Crippen LogP contribution is -3.15. The fourth-order valence-electron chi connectivity index (χ4n) is 3.98. The standard InChI is InChI=1S/C22H25N3O3/c1-16-8-9-19(14-17(16)2)22(18-6-4-3-5-7-18)20(26)25(21(27)23-22)15-24-10-12-28-13-11-24/h3-9,14H,10-13,15H2,1-2H3,(H,23,27)/p+1/t22-/m1/s1. The van der Waals surface area contributed by atoms with Crippen molar-refractivity contribution in [3.05, 3.63) is 70.8 Å². The average Bonchev–Trinajstić information content (AvgIpc) is 2.97. The van der Waals surface area contributed by atoms with Crippen LogP contribution in [0.25, 0.3) is 0 Å². The minimum Gasteiger partial charge on any atom is -0.370 e. The van der Waals surface area contributed by atoms with Crippen molar-refractivity contribution in [3.63, 3.8) is 0 Å². The van der Waals surface area contributed by atoms with Gasteiger partial charge in [-0.3, -0.25) is 4.79 Å². The fourth-order valence-corrected chi connectivity index (χ4v) is 3.98. The van der Waals surface area contributed by atoms with E-state index in [1.807, 2.05) is 62.4 Å². The van der Waals surface area contributed by atoms with E-state index in [-0.39, 0.29) is 11.9 Å². The molecule has 1 atom stereocenters. The van der Waals surface area contributed by atoms with Gasteiger partial charge in [-0.15, -0.1) is 0 Å². The highest BCUT2D eigenvalue weighted by molar-refractivity contribution is 6.09. The molecule has 2 N–H and O–H groups in total. The summed E-state index contributed by atoms with van der Waals surface area (Å²) in [7, 11) is 0. The highest BCUT2D eigenvalue weighted by atomic mass is 16.5. The lowest BCUT2D eigenvalue weighted by Gasteiger charge is -2.30. The number of nitrogens with zero attached hydrogens (tertiary/aromatic N) is 1. The number of hydrogen-bond acceptors (Lipinski definition) is 3. The monoisotopic (exact) mass is 380 g/mol. The van der Waals surface area contributed by atoms with Crippen LogP contribution < -0.4 is 10.2 Å². The predicted molar refractivity (Wildman–Crippen MR) is 105 cm³/mol. The van der Waals surface area contributed by atoms with Crippen molar-refractivity contribution in [2.45, 2.75) is 19.4 Å². The molecule has 6 heteroatoms. The summed E-state index contributed by atoms with van der Waals surface area (Å²) in [5.74, 6) is -0.217. The molecule has 2 heterocycles. The Kier molecular flexibility index (Phi) is 4.91. The number of amides is 3. The molecule has 2 aliphatic heterocycles. The van der Waals surface area contributed by atoms with Gasteiger partial charge < -0.3 is 15.0 Å². The number of rotatable bonds is 4. The number of hydrogen-bond donors (Lipinski definition) is 2. The Hall–Kier alpha value is -2.70. The predicted octanol–water partition coefficient (Wildman–Crippen LogP) is 0.971. The van der Waals surface area contributed by atoms with Gasteiger partial charge in [-0.25, -0.2) is 9.69 Å². The summed E-state index contributed by atoms with van der Waals surface area (Å²) in [5.41, 5.74) is 2.61. The average molecular weight is 380 g/mol. The third-order valence-corrected chi connectivity index (χ3v) is 5.83. The maximum atomic E-state index is 13.7. The van der Waals surface area contributed by atoms with Gasteiger partial charge in [-0.1, -0.05) is 48.5 Å². The molecular formula is C22H26N3O3+. The van der Waals surface area contributed by atoms with Crippen LogP contribution in [0.5, 0.6) is 0 Å². The molecule has 2 aliphatic rings. The first-order valence-electron chi connectivity index (χ1n) is 9.71. The second-order valence-electron chi connectivity index (χ2n) is 7.60. The lowest BCUT2D eigenvalue weighted by atomic mass is 9.81. The largest absolute Gasteiger partial charge is 0.370 e. The van der Waals surface area contributed by atoms with E-state index in [2.05, 4.69) is 5.32 Å². The van der Waals surface area contributed by atoms with Crippen LogP contribution in [0.15, 0.2) is 48.5 Å². The normalized spacial score (nSPS) is 23.1. The van der Waals surface area contributed by atoms with E-state index in [4.69, 9.17) is 4.74 Å². The highest BCUT2D eigenvalue weighted by Crippen LogP contribution is 2.36. The molecule has 146 valence electrons. The fraction of sp³-hybridized carbons (Fsp3) is 0.364. The van der Waals surface area contributed by atoms with Crippen LogP contribution in [0.2, 0.25) is 0 Å². The molecule has 0 aliphatic carbocycles. The summed E-state index contributed by atoms with van der Waals surface area (Å²) in [5, 5.41) is 3.03. The zero-order valence-electron chi connectivity index (χ0n) is 16.3. The molecule has 0 radical (unpaired) electrons. The number of morpholine rings is 1. The van der Waals surface area contributed by atoms with Crippen molar-refractivity contribution >= 4 is 11.9 Å². The molecule has 2 aromatic rings. The summed E-state index contributed by atoms with van der Waals surface area (Å²) in [6.45, 7) is 7.30. The SMILES string of the molecule is Cc1ccc([C@@]2(c3ccccc3)NC(=O)N(C[NH+]3CCOCC3)C2=O)cc1C. The van der Waals surface area contributed by atoms with Crippen LogP contribution in [0.1, 0.15) is 22.3 Å². The van der Waals surface area contributed by atoms with Crippen molar-refractivity contribution < 1.29 is 19.2 Å². The van der Waals surface area contributed by atoms with Crippen molar-refractivity contribution in [2.24, 2.45) is 0 Å². The van der Waals surface area contributed by atoms with E-state index >= 15 is 0 Å². The van der Waals surface area contributed by atoms with Gasteiger partial charge in [0.25, 0.3) is 5.91 Å². The first kappa shape index (κ1) is 18.7. The summed E-state index contributed by atoms with van der Waals surface area (Å²) >= 11 is 0. The number of imide groups is 1. The van der Waals surface area contributed by atoms with Crippen LogP contribution >= 0.6 is 0 Å². The maximum Gasteiger partial charge on any atom is 0.330 e. The second-order valence-corrected chi connectivity index (χ2v) is 7.60. The Bertz CT molecular complexity index is 893. The lowest BCUT2D eigenvalue weighted by molar-refractivity contribution is -0.915. The van der Waals surface area contributed by atoms with Crippen molar-refractivity contribution in [1.29, 1.82) is 0 Å². The van der Waals surface area contributed by atoms with Crippen molar-refractivity contribution in [3.8, 4) is 0 Å². The number of carbonyl (C=O) groups excluding carboxylic acids is 2. The van der Waals surface area contributed by atoms with Crippen molar-refractivity contribution in [1.82, 2.24) is 10.2 Å². The smallest absolute Gasteiger partial charge is 0.330 e. The number of carbonyl (C=O) groups is 2. The molecule has 0 spiro atoms. The molecule has 0 bridgehead atoms. The van der Waals surface area contributed by atoms with Gasteiger partial charge in [-0.05, 0) is 36.1 Å². The van der Waals surface area contributed by atoms with E-state index in [1.54, 1.807) is 0 Å². The Morgan fingerprint density at radius 2 is 1.71 bits per heavy atom. The third kappa shape index (κ3) is 3.08. The minimum atomic E-state index is -1.19. The number of aryl methyl sites for hydroxylation is 2. The molecule has 2 fully saturated rings. The van der Waals surface area contributed by atoms with E-state index in [1.165, 1.54) is 9.80 Å². The third-order valence-electron chi connectivity index (χ3n) is 5.83. The molecule has 0 saturated carbocycles. The first-order chi connectivity index (χ1) is 13.5. The Morgan fingerprint density at radius 1 is 1.00 bits per heavy atom. The molecule has 2 saturated heterocycles. The Labute approximate surface area is 165 Å². The number of benzene rings is 2. The van der Waals surface area contributed by atoms with Crippen LogP contribution in [0.4, 0.5) is 4.79 Å². The number of nitrogens with one attached hydrogen (secondary N) is 2. The summed E-state index contributed by atoms with van der Waals surface area (Å²) in [6, 6.07) is 15.1. The summed E-state index contributed by atoms with van der Waals surface area (Å²) in [4.78, 5) is 29.2. The van der Waals surface area contributed by atoms with E-state index < -0.39 is 5.54 Å². The van der Waals surface area contributed by atoms with Gasteiger partial charge in [0.2, 0.25) is 0 Å². The first-order valence-corrected chi connectivity index (χ1v) is 9.71. The van der Waals surface area contributed by atoms with E-state index in [0.29, 0.717) is 19.9 Å². The van der Waals surface area contributed by atoms with E-state index in [9.17, 15) is 9.59 Å². The molecule has 6 nitrogen and oxygen atoms in total. The quantitative estimate of drug-likeness (QED) is 0.777. The molecule has 3 amide bonds. The number of ether oxygens (including phenoxy) is 1. The summed E-state index contributed by atoms with van der Waals surface area (Å²) in [6.07, 6.45) is 0. The molecule has 0 unspecified atom stereocenters. The van der Waals surface area contributed by atoms with E-state index in [0.717, 1.165) is 35.3 Å². The maximum absolute atomic E-state index is 13.7. The second kappa shape index (κ2) is 7.37. The zero-order chi connectivity index (χ0) is 19.7. The van der Waals surface area contributed by atoms with Gasteiger partial charge >= 0.3 is 6.03 Å². The Balaban J connectivity index is 1.77. The zero-order valence-corrected chi connectivity index (χ0v) is 16.3. The van der Waals surface area contributed by atoms with Gasteiger partial charge in [0.05, 0.1) is 13.2 Å². The van der Waals surface area contributed by atoms with Crippen LogP contribution in [-0.4, -0.2) is 49.8 Å². The minimum absolute atomic E-state index is 0.217. The highest BCUT2D eigenvalue weighted by Gasteiger charge is 2.54. The molecule has 0 aromatic heterocycles. The van der Waals surface area contributed by atoms with Crippen LogP contribution in [0, 0.1) is 13.8 Å². The van der Waals surface area contributed by atoms with Gasteiger partial charge in [0.1, 0.15) is 13.1 Å².